The van der Waals surface area contributed by atoms with Gasteiger partial charge >= 0.3 is 0 Å². The van der Waals surface area contributed by atoms with Crippen LogP contribution in [0, 0.1) is 11.3 Å². The van der Waals surface area contributed by atoms with E-state index in [1.807, 2.05) is 0 Å². The summed E-state index contributed by atoms with van der Waals surface area (Å²) in [5, 5.41) is 22.7. The summed E-state index contributed by atoms with van der Waals surface area (Å²) in [6.45, 7) is 5.95. The monoisotopic (exact) mass is 328 g/mol. The molecule has 2 aliphatic heterocycles. The van der Waals surface area contributed by atoms with Crippen LogP contribution in [0.5, 0.6) is 0 Å². The number of methoxy groups -OCH3 is 2. The van der Waals surface area contributed by atoms with Gasteiger partial charge in [-0.3, -0.25) is 0 Å². The van der Waals surface area contributed by atoms with Crippen molar-refractivity contribution in [1.29, 1.82) is 0 Å². The smallest absolute Gasteiger partial charge is 0.205 e. The lowest BCUT2D eigenvalue weighted by molar-refractivity contribution is -0.337. The zero-order valence-corrected chi connectivity index (χ0v) is 14.6. The molecule has 0 aromatic rings. The van der Waals surface area contributed by atoms with Gasteiger partial charge in [0.25, 0.3) is 0 Å². The predicted molar refractivity (Wildman–Crippen MR) is 80.5 cm³/mol. The van der Waals surface area contributed by atoms with E-state index in [0.717, 1.165) is 12.8 Å². The van der Waals surface area contributed by atoms with Crippen LogP contribution in [0.4, 0.5) is 0 Å². The molecule has 4 fully saturated rings. The molecule has 132 valence electrons. The highest BCUT2D eigenvalue weighted by Crippen LogP contribution is 2.73. The molecule has 0 aromatic heterocycles. The molecule has 2 heterocycles. The molecule has 0 aromatic carbocycles. The van der Waals surface area contributed by atoms with E-state index in [1.54, 1.807) is 6.92 Å². The van der Waals surface area contributed by atoms with E-state index in [4.69, 9.17) is 18.9 Å². The van der Waals surface area contributed by atoms with E-state index in [9.17, 15) is 10.2 Å². The van der Waals surface area contributed by atoms with Gasteiger partial charge in [-0.25, -0.2) is 0 Å². The fraction of sp³-hybridized carbons (Fsp3) is 1.00. The van der Waals surface area contributed by atoms with Gasteiger partial charge in [-0.05, 0) is 32.1 Å². The molecule has 0 bridgehead atoms. The van der Waals surface area contributed by atoms with E-state index in [0.29, 0.717) is 18.8 Å². The van der Waals surface area contributed by atoms with E-state index in [-0.39, 0.29) is 17.1 Å². The van der Waals surface area contributed by atoms with E-state index < -0.39 is 23.3 Å². The van der Waals surface area contributed by atoms with Crippen LogP contribution in [0.15, 0.2) is 0 Å². The van der Waals surface area contributed by atoms with E-state index >= 15 is 0 Å². The van der Waals surface area contributed by atoms with Crippen LogP contribution >= 0.6 is 0 Å². The van der Waals surface area contributed by atoms with E-state index in [1.165, 1.54) is 14.2 Å². The minimum Gasteiger partial charge on any atom is -0.382 e. The summed E-state index contributed by atoms with van der Waals surface area (Å²) in [4.78, 5) is 0. The topological polar surface area (TPSA) is 80.7 Å². The van der Waals surface area contributed by atoms with Crippen LogP contribution in [0.1, 0.15) is 46.5 Å². The highest BCUT2D eigenvalue weighted by atomic mass is 16.8. The molecular formula is C17H28O6. The van der Waals surface area contributed by atoms with Crippen molar-refractivity contribution in [1.82, 2.24) is 0 Å². The lowest BCUT2D eigenvalue weighted by atomic mass is 9.49. The third-order valence-corrected chi connectivity index (χ3v) is 7.62. The maximum atomic E-state index is 11.6. The van der Waals surface area contributed by atoms with Crippen LogP contribution in [-0.2, 0) is 18.9 Å². The first-order valence-electron chi connectivity index (χ1n) is 8.51. The fourth-order valence-corrected chi connectivity index (χ4v) is 5.74. The number of rotatable bonds is 2. The summed E-state index contributed by atoms with van der Waals surface area (Å²) >= 11 is 0. The average Bonchev–Trinajstić information content (AvgIpc) is 3.17. The third-order valence-electron chi connectivity index (χ3n) is 7.62. The van der Waals surface area contributed by atoms with Gasteiger partial charge in [-0.15, -0.1) is 0 Å². The summed E-state index contributed by atoms with van der Waals surface area (Å²) in [5.74, 6) is -0.930. The standard InChI is InChI=1S/C17H28O6/c1-10-6-7-11-15(22-11)9-17(21-5)16(19,8-13(10,15)2)14(3,18)12(20-4)23-17/h10-12,18-19H,6-9H2,1-5H3. The lowest BCUT2D eigenvalue weighted by Gasteiger charge is -2.58. The Morgan fingerprint density at radius 2 is 1.74 bits per heavy atom. The number of ether oxygens (including phenoxy) is 4. The fourth-order valence-electron chi connectivity index (χ4n) is 5.74. The Bertz CT molecular complexity index is 537. The first-order chi connectivity index (χ1) is 10.6. The SMILES string of the molecule is COC1OC2(OC)CC34OC3CCC(C)C4(C)CC2(O)C1(C)O. The van der Waals surface area contributed by atoms with Crippen LogP contribution in [-0.4, -0.2) is 59.4 Å². The van der Waals surface area contributed by atoms with Crippen molar-refractivity contribution < 1.29 is 29.2 Å². The Hall–Kier alpha value is -0.240. The van der Waals surface area contributed by atoms with E-state index in [2.05, 4.69) is 13.8 Å². The van der Waals surface area contributed by atoms with Crippen molar-refractivity contribution in [2.75, 3.05) is 14.2 Å². The van der Waals surface area contributed by atoms with Crippen molar-refractivity contribution in [2.45, 2.75) is 81.4 Å². The summed E-state index contributed by atoms with van der Waals surface area (Å²) in [6.07, 6.45) is 2.11. The molecule has 8 atom stereocenters. The maximum Gasteiger partial charge on any atom is 0.205 e. The van der Waals surface area contributed by atoms with Crippen molar-refractivity contribution in [3.8, 4) is 0 Å². The third kappa shape index (κ3) is 1.52. The normalized spacial score (nSPS) is 64.0. The molecular weight excluding hydrogens is 300 g/mol. The van der Waals surface area contributed by atoms with Gasteiger partial charge in [0, 0.05) is 26.1 Å². The molecule has 23 heavy (non-hydrogen) atoms. The van der Waals surface area contributed by atoms with Crippen LogP contribution in [0.2, 0.25) is 0 Å². The maximum absolute atomic E-state index is 11.6. The van der Waals surface area contributed by atoms with Crippen LogP contribution in [0.25, 0.3) is 0 Å². The summed E-state index contributed by atoms with van der Waals surface area (Å²) in [5.41, 5.74) is -3.70. The van der Waals surface area contributed by atoms with Gasteiger partial charge in [0.05, 0.1) is 6.10 Å². The molecule has 4 rings (SSSR count). The number of hydrogen-bond acceptors (Lipinski definition) is 6. The van der Waals surface area contributed by atoms with Crippen molar-refractivity contribution in [3.05, 3.63) is 0 Å². The Labute approximate surface area is 137 Å². The average molecular weight is 328 g/mol. The quantitative estimate of drug-likeness (QED) is 0.741. The number of aliphatic hydroxyl groups is 2. The molecule has 4 aliphatic rings. The minimum atomic E-state index is -1.57. The molecule has 2 saturated carbocycles. The molecule has 6 heteroatoms. The zero-order valence-electron chi connectivity index (χ0n) is 14.6. The molecule has 8 unspecified atom stereocenters. The van der Waals surface area contributed by atoms with Gasteiger partial charge in [-0.2, -0.15) is 0 Å². The van der Waals surface area contributed by atoms with Gasteiger partial charge in [0.2, 0.25) is 5.79 Å². The summed E-state index contributed by atoms with van der Waals surface area (Å²) in [6, 6.07) is 0. The largest absolute Gasteiger partial charge is 0.382 e. The Morgan fingerprint density at radius 1 is 1.04 bits per heavy atom. The first kappa shape index (κ1) is 16.2. The van der Waals surface area contributed by atoms with Crippen molar-refractivity contribution in [3.63, 3.8) is 0 Å². The second-order valence-corrected chi connectivity index (χ2v) is 8.40. The molecule has 2 saturated heterocycles. The van der Waals surface area contributed by atoms with Gasteiger partial charge < -0.3 is 29.2 Å². The zero-order chi connectivity index (χ0) is 16.9. The van der Waals surface area contributed by atoms with Crippen molar-refractivity contribution >= 4 is 0 Å². The Kier molecular flexibility index (Phi) is 3.03. The highest BCUT2D eigenvalue weighted by molar-refractivity contribution is 5.30. The summed E-state index contributed by atoms with van der Waals surface area (Å²) in [7, 11) is 2.98. The summed E-state index contributed by atoms with van der Waals surface area (Å²) < 4.78 is 23.2. The number of hydrogen-bond donors (Lipinski definition) is 2. The van der Waals surface area contributed by atoms with Crippen molar-refractivity contribution in [2.24, 2.45) is 11.3 Å². The highest BCUT2D eigenvalue weighted by Gasteiger charge is 2.85. The molecule has 0 amide bonds. The first-order valence-corrected chi connectivity index (χ1v) is 8.51. The second kappa shape index (κ2) is 4.29. The Balaban J connectivity index is 1.84. The molecule has 2 N–H and O–H groups in total. The predicted octanol–water partition coefficient (Wildman–Crippen LogP) is 1.18. The van der Waals surface area contributed by atoms with Crippen LogP contribution in [0.3, 0.4) is 0 Å². The second-order valence-electron chi connectivity index (χ2n) is 8.40. The van der Waals surface area contributed by atoms with Gasteiger partial charge in [0.15, 0.2) is 11.9 Å². The minimum absolute atomic E-state index is 0.190. The molecule has 2 aliphatic carbocycles. The van der Waals surface area contributed by atoms with Crippen LogP contribution < -0.4 is 0 Å². The number of fused-ring (bicyclic) bond motifs is 1. The molecule has 0 radical (unpaired) electrons. The van der Waals surface area contributed by atoms with Gasteiger partial charge in [-0.1, -0.05) is 13.8 Å². The molecule has 1 spiro atoms. The van der Waals surface area contributed by atoms with Gasteiger partial charge in [0.1, 0.15) is 11.2 Å². The lowest BCUT2D eigenvalue weighted by Crippen LogP contribution is -2.72. The Morgan fingerprint density at radius 3 is 2.35 bits per heavy atom. The number of epoxide rings is 1. The molecule has 6 nitrogen and oxygen atoms in total.